The number of nitrogens with zero attached hydrogens (tertiary/aromatic N) is 2. The van der Waals surface area contributed by atoms with Crippen LogP contribution < -0.4 is 29.1 Å². The minimum atomic E-state index is -0.817. The summed E-state index contributed by atoms with van der Waals surface area (Å²) < 4.78 is 24.9. The summed E-state index contributed by atoms with van der Waals surface area (Å²) in [5.41, 5.74) is 1.85. The fourth-order valence-electron chi connectivity index (χ4n) is 4.94. The van der Waals surface area contributed by atoms with Crippen LogP contribution in [0.1, 0.15) is 31.0 Å². The Kier molecular flexibility index (Phi) is 7.82. The molecule has 5 rings (SSSR count). The summed E-state index contributed by atoms with van der Waals surface area (Å²) >= 11 is 4.75. The Morgan fingerprint density at radius 1 is 1.05 bits per heavy atom. The molecule has 0 radical (unpaired) electrons. The third kappa shape index (κ3) is 4.71. The van der Waals surface area contributed by atoms with E-state index in [1.807, 2.05) is 42.5 Å². The molecule has 0 amide bonds. The van der Waals surface area contributed by atoms with E-state index in [4.69, 9.17) is 23.9 Å². The van der Waals surface area contributed by atoms with Crippen LogP contribution in [-0.2, 0) is 9.53 Å². The van der Waals surface area contributed by atoms with Gasteiger partial charge >= 0.3 is 5.97 Å². The Morgan fingerprint density at radius 3 is 2.48 bits per heavy atom. The van der Waals surface area contributed by atoms with Crippen LogP contribution in [0.4, 0.5) is 0 Å². The third-order valence-electron chi connectivity index (χ3n) is 6.73. The van der Waals surface area contributed by atoms with Crippen molar-refractivity contribution < 1.29 is 23.7 Å². The zero-order valence-corrected chi connectivity index (χ0v) is 25.0. The SMILES string of the molecule is CCOC(=O)C1=C(C)N=c2s/c(=C\c3cc(Br)c(OC)cc3OC)c(=O)n2[C@H]1c1c(OC)ccc2ccccc12. The van der Waals surface area contributed by atoms with Gasteiger partial charge in [-0.05, 0) is 58.8 Å². The molecule has 0 saturated heterocycles. The van der Waals surface area contributed by atoms with Crippen molar-refractivity contribution in [2.24, 2.45) is 4.99 Å². The number of fused-ring (bicyclic) bond motifs is 2. The number of allylic oxidation sites excluding steroid dienone is 1. The van der Waals surface area contributed by atoms with Crippen molar-refractivity contribution in [1.29, 1.82) is 0 Å². The second-order valence-corrected chi connectivity index (χ2v) is 10.8. The number of carbonyl (C=O) groups is 1. The molecule has 3 aromatic carbocycles. The van der Waals surface area contributed by atoms with Gasteiger partial charge in [0, 0.05) is 17.2 Å². The summed E-state index contributed by atoms with van der Waals surface area (Å²) in [6.45, 7) is 3.69. The predicted molar refractivity (Wildman–Crippen MR) is 158 cm³/mol. The summed E-state index contributed by atoms with van der Waals surface area (Å²) in [6, 6.07) is 14.4. The number of hydrogen-bond acceptors (Lipinski definition) is 8. The van der Waals surface area contributed by atoms with Gasteiger partial charge in [-0.2, -0.15) is 0 Å². The average molecular weight is 624 g/mol. The molecular weight excluding hydrogens is 596 g/mol. The summed E-state index contributed by atoms with van der Waals surface area (Å²) in [5, 5.41) is 1.81. The fourth-order valence-corrected chi connectivity index (χ4v) is 6.50. The zero-order valence-electron chi connectivity index (χ0n) is 22.6. The largest absolute Gasteiger partial charge is 0.496 e. The van der Waals surface area contributed by atoms with Gasteiger partial charge < -0.3 is 18.9 Å². The van der Waals surface area contributed by atoms with E-state index in [9.17, 15) is 9.59 Å². The normalized spacial score (nSPS) is 15.1. The summed E-state index contributed by atoms with van der Waals surface area (Å²) in [6.07, 6.45) is 1.76. The number of hydrogen-bond donors (Lipinski definition) is 0. The Morgan fingerprint density at radius 2 is 1.77 bits per heavy atom. The molecule has 0 aliphatic carbocycles. The molecule has 0 unspecified atom stereocenters. The Labute approximate surface area is 242 Å². The molecule has 10 heteroatoms. The molecule has 2 heterocycles. The molecule has 1 aliphatic rings. The highest BCUT2D eigenvalue weighted by molar-refractivity contribution is 9.10. The van der Waals surface area contributed by atoms with E-state index in [0.717, 1.165) is 10.8 Å². The maximum absolute atomic E-state index is 14.2. The molecule has 40 heavy (non-hydrogen) atoms. The topological polar surface area (TPSA) is 88.4 Å². The first kappa shape index (κ1) is 27.7. The van der Waals surface area contributed by atoms with Crippen molar-refractivity contribution in [2.75, 3.05) is 27.9 Å². The van der Waals surface area contributed by atoms with E-state index in [1.165, 1.54) is 11.3 Å². The molecule has 0 bridgehead atoms. The van der Waals surface area contributed by atoms with Crippen LogP contribution in [0.3, 0.4) is 0 Å². The van der Waals surface area contributed by atoms with Gasteiger partial charge in [0.1, 0.15) is 23.3 Å². The van der Waals surface area contributed by atoms with Crippen LogP contribution in [0.2, 0.25) is 0 Å². The van der Waals surface area contributed by atoms with Gasteiger partial charge in [0.2, 0.25) is 0 Å². The number of thiazole rings is 1. The summed E-state index contributed by atoms with van der Waals surface area (Å²) in [5.74, 6) is 1.17. The lowest BCUT2D eigenvalue weighted by molar-refractivity contribution is -0.139. The first-order valence-corrected chi connectivity index (χ1v) is 14.1. The molecule has 0 fully saturated rings. The number of ether oxygens (including phenoxy) is 4. The fraction of sp³-hybridized carbons (Fsp3) is 0.233. The highest BCUT2D eigenvalue weighted by Gasteiger charge is 2.36. The predicted octanol–water partition coefficient (Wildman–Crippen LogP) is 4.74. The minimum absolute atomic E-state index is 0.186. The first-order valence-electron chi connectivity index (χ1n) is 12.5. The van der Waals surface area contributed by atoms with Crippen LogP contribution in [0.25, 0.3) is 16.8 Å². The molecule has 0 spiro atoms. The number of carbonyl (C=O) groups excluding carboxylic acids is 1. The minimum Gasteiger partial charge on any atom is -0.496 e. The van der Waals surface area contributed by atoms with Crippen LogP contribution in [0.15, 0.2) is 74.1 Å². The monoisotopic (exact) mass is 622 g/mol. The molecule has 4 aromatic rings. The van der Waals surface area contributed by atoms with Crippen molar-refractivity contribution >= 4 is 50.1 Å². The van der Waals surface area contributed by atoms with Gasteiger partial charge in [0.05, 0.1) is 48.2 Å². The second kappa shape index (κ2) is 11.3. The summed E-state index contributed by atoms with van der Waals surface area (Å²) in [4.78, 5) is 32.7. The zero-order chi connectivity index (χ0) is 28.6. The molecule has 0 saturated carbocycles. The number of benzene rings is 3. The van der Waals surface area contributed by atoms with Crippen LogP contribution in [0.5, 0.6) is 17.2 Å². The third-order valence-corrected chi connectivity index (χ3v) is 8.33. The highest BCUT2D eigenvalue weighted by Crippen LogP contribution is 2.40. The molecular formula is C30H27BrN2O6S. The standard InChI is InChI=1S/C30H27BrN2O6S/c1-6-39-29(35)25-16(2)32-30-33(27(25)26-19-10-8-7-9-17(19)11-12-21(26)36-3)28(34)24(40-30)14-18-13-20(31)23(38-5)15-22(18)37-4/h7-15,27H,6H2,1-5H3/b24-14-/t27-/m1/s1. The van der Waals surface area contributed by atoms with Crippen molar-refractivity contribution in [2.45, 2.75) is 19.9 Å². The number of halogens is 1. The van der Waals surface area contributed by atoms with Crippen LogP contribution in [-0.4, -0.2) is 38.5 Å². The maximum atomic E-state index is 14.2. The maximum Gasteiger partial charge on any atom is 0.338 e. The molecule has 1 atom stereocenters. The number of esters is 1. The van der Waals surface area contributed by atoms with E-state index in [2.05, 4.69) is 15.9 Å². The molecule has 206 valence electrons. The highest BCUT2D eigenvalue weighted by atomic mass is 79.9. The Bertz CT molecular complexity index is 1860. The van der Waals surface area contributed by atoms with E-state index >= 15 is 0 Å². The van der Waals surface area contributed by atoms with Gasteiger partial charge in [0.25, 0.3) is 5.56 Å². The van der Waals surface area contributed by atoms with E-state index in [1.54, 1.807) is 51.9 Å². The van der Waals surface area contributed by atoms with Crippen molar-refractivity contribution in [3.05, 3.63) is 95.1 Å². The van der Waals surface area contributed by atoms with Crippen molar-refractivity contribution in [3.8, 4) is 17.2 Å². The smallest absolute Gasteiger partial charge is 0.338 e. The van der Waals surface area contributed by atoms with E-state index in [-0.39, 0.29) is 12.2 Å². The lowest BCUT2D eigenvalue weighted by Crippen LogP contribution is -2.40. The van der Waals surface area contributed by atoms with Gasteiger partial charge in [-0.15, -0.1) is 0 Å². The Balaban J connectivity index is 1.84. The van der Waals surface area contributed by atoms with Crippen LogP contribution in [0, 0.1) is 0 Å². The van der Waals surface area contributed by atoms with Gasteiger partial charge in [-0.3, -0.25) is 9.36 Å². The average Bonchev–Trinajstić information content (AvgIpc) is 3.25. The van der Waals surface area contributed by atoms with Gasteiger partial charge in [-0.25, -0.2) is 9.79 Å². The van der Waals surface area contributed by atoms with E-state index < -0.39 is 12.0 Å². The molecule has 8 nitrogen and oxygen atoms in total. The quantitative estimate of drug-likeness (QED) is 0.277. The summed E-state index contributed by atoms with van der Waals surface area (Å²) in [7, 11) is 4.71. The number of rotatable bonds is 7. The lowest BCUT2D eigenvalue weighted by atomic mass is 9.90. The van der Waals surface area contributed by atoms with E-state index in [0.29, 0.717) is 53.5 Å². The van der Waals surface area contributed by atoms with Crippen LogP contribution >= 0.6 is 27.3 Å². The van der Waals surface area contributed by atoms with Crippen molar-refractivity contribution in [1.82, 2.24) is 4.57 Å². The second-order valence-electron chi connectivity index (χ2n) is 8.93. The van der Waals surface area contributed by atoms with Crippen molar-refractivity contribution in [3.63, 3.8) is 0 Å². The molecule has 1 aromatic heterocycles. The van der Waals surface area contributed by atoms with Gasteiger partial charge in [-0.1, -0.05) is 41.7 Å². The van der Waals surface area contributed by atoms with Gasteiger partial charge in [0.15, 0.2) is 4.80 Å². The number of methoxy groups -OCH3 is 3. The first-order chi connectivity index (χ1) is 19.3. The lowest BCUT2D eigenvalue weighted by Gasteiger charge is -2.27. The Hall–Kier alpha value is -3.89. The molecule has 0 N–H and O–H groups in total. The number of aromatic nitrogens is 1. The molecule has 1 aliphatic heterocycles.